The highest BCUT2D eigenvalue weighted by molar-refractivity contribution is 14.1. The molecule has 0 radical (unpaired) electrons. The van der Waals surface area contributed by atoms with Crippen molar-refractivity contribution < 1.29 is 22.0 Å². The molecule has 0 spiro atoms. The molecule has 0 unspecified atom stereocenters. The maximum atomic E-state index is 14.6. The number of benzene rings is 2. The number of piperidine rings is 1. The van der Waals surface area contributed by atoms with Crippen LogP contribution in [0.25, 0.3) is 0 Å². The van der Waals surface area contributed by atoms with Gasteiger partial charge in [-0.05, 0) is 65.8 Å². The monoisotopic (exact) mass is 584 g/mol. The largest absolute Gasteiger partial charge is 0.359 e. The molecule has 0 aliphatic carbocycles. The van der Waals surface area contributed by atoms with Gasteiger partial charge in [0.1, 0.15) is 5.69 Å². The van der Waals surface area contributed by atoms with Gasteiger partial charge in [0, 0.05) is 29.6 Å². The zero-order valence-corrected chi connectivity index (χ0v) is 20.1. The molecule has 3 rings (SSSR count). The van der Waals surface area contributed by atoms with E-state index in [9.17, 15) is 22.0 Å². The summed E-state index contributed by atoms with van der Waals surface area (Å²) in [7, 11) is -2.53. The Balaban J connectivity index is 1.84. The van der Waals surface area contributed by atoms with Crippen molar-refractivity contribution in [2.75, 3.05) is 30.2 Å². The molecule has 3 N–H and O–H groups in total. The first-order valence-electron chi connectivity index (χ1n) is 9.32. The molecule has 12 heteroatoms. The maximum absolute atomic E-state index is 14.6. The predicted octanol–water partition coefficient (Wildman–Crippen LogP) is 4.08. The van der Waals surface area contributed by atoms with Crippen LogP contribution in [-0.2, 0) is 15.0 Å². The van der Waals surface area contributed by atoms with Crippen molar-refractivity contribution in [2.24, 2.45) is 5.92 Å². The lowest BCUT2D eigenvalue weighted by Crippen LogP contribution is -2.44. The molecule has 1 aliphatic rings. The molecule has 31 heavy (non-hydrogen) atoms. The maximum Gasteiger partial charge on any atom is 0.301 e. The van der Waals surface area contributed by atoms with Crippen molar-refractivity contribution in [1.29, 1.82) is 0 Å². The normalized spacial score (nSPS) is 15.5. The molecule has 0 saturated carbocycles. The molecule has 2 aromatic carbocycles. The Hall–Kier alpha value is -1.70. The molecule has 0 aromatic heterocycles. The summed E-state index contributed by atoms with van der Waals surface area (Å²) in [5.41, 5.74) is -0.257. The summed E-state index contributed by atoms with van der Waals surface area (Å²) >= 11 is 8.22. The second-order valence-corrected chi connectivity index (χ2v) is 10.3. The van der Waals surface area contributed by atoms with Gasteiger partial charge in [-0.1, -0.05) is 11.6 Å². The van der Waals surface area contributed by atoms with Crippen molar-refractivity contribution in [3.8, 4) is 0 Å². The van der Waals surface area contributed by atoms with Crippen LogP contribution in [0.1, 0.15) is 12.8 Å². The first kappa shape index (κ1) is 24.0. The highest BCUT2D eigenvalue weighted by atomic mass is 127. The standard InChI is InChI=1S/C19H20ClF2IN4O3S/c1-24-19(28)11-6-8-27(9-7-11)31(29,30)26-16-5-3-14(21)17(22)18(16)25-15-4-2-12(23)10-13(15)20/h2-5,10-11,25-26H,6-9H2,1H3,(H,24,28). The van der Waals surface area contributed by atoms with Crippen LogP contribution in [0.3, 0.4) is 0 Å². The third-order valence-electron chi connectivity index (χ3n) is 4.94. The first-order chi connectivity index (χ1) is 14.6. The van der Waals surface area contributed by atoms with Gasteiger partial charge in [-0.3, -0.25) is 9.52 Å². The zero-order valence-electron chi connectivity index (χ0n) is 16.4. The average molecular weight is 585 g/mol. The fourth-order valence-corrected chi connectivity index (χ4v) is 5.42. The van der Waals surface area contributed by atoms with Gasteiger partial charge in [-0.2, -0.15) is 12.7 Å². The van der Waals surface area contributed by atoms with E-state index in [-0.39, 0.29) is 41.3 Å². The van der Waals surface area contributed by atoms with Crippen LogP contribution in [0.15, 0.2) is 30.3 Å². The summed E-state index contributed by atoms with van der Waals surface area (Å²) in [5, 5.41) is 5.51. The third kappa shape index (κ3) is 5.57. The van der Waals surface area contributed by atoms with E-state index in [4.69, 9.17) is 11.6 Å². The van der Waals surface area contributed by atoms with Gasteiger partial charge in [-0.15, -0.1) is 0 Å². The highest BCUT2D eigenvalue weighted by Crippen LogP contribution is 2.35. The van der Waals surface area contributed by atoms with Gasteiger partial charge in [0.2, 0.25) is 5.91 Å². The van der Waals surface area contributed by atoms with E-state index in [0.717, 1.165) is 15.7 Å². The summed E-state index contributed by atoms with van der Waals surface area (Å²) in [6.45, 7) is 0.256. The van der Waals surface area contributed by atoms with E-state index in [1.165, 1.54) is 11.4 Å². The van der Waals surface area contributed by atoms with Gasteiger partial charge in [0.25, 0.3) is 0 Å². The van der Waals surface area contributed by atoms with Crippen LogP contribution in [0.4, 0.5) is 25.8 Å². The molecule has 1 saturated heterocycles. The number of rotatable bonds is 6. The summed E-state index contributed by atoms with van der Waals surface area (Å²) in [4.78, 5) is 11.8. The van der Waals surface area contributed by atoms with Gasteiger partial charge < -0.3 is 10.6 Å². The molecule has 1 fully saturated rings. The minimum Gasteiger partial charge on any atom is -0.359 e. The van der Waals surface area contributed by atoms with E-state index in [1.54, 1.807) is 18.2 Å². The number of nitrogens with zero attached hydrogens (tertiary/aromatic N) is 1. The molecule has 0 atom stereocenters. The fraction of sp³-hybridized carbons (Fsp3) is 0.316. The molecule has 168 valence electrons. The van der Waals surface area contributed by atoms with Gasteiger partial charge >= 0.3 is 10.2 Å². The number of amides is 1. The summed E-state index contributed by atoms with van der Waals surface area (Å²) in [6.07, 6.45) is 0.726. The van der Waals surface area contributed by atoms with Crippen LogP contribution >= 0.6 is 34.2 Å². The Labute approximate surface area is 197 Å². The molecule has 2 aromatic rings. The molecular weight excluding hydrogens is 565 g/mol. The predicted molar refractivity (Wildman–Crippen MR) is 125 cm³/mol. The van der Waals surface area contributed by atoms with Crippen molar-refractivity contribution in [1.82, 2.24) is 9.62 Å². The number of hydrogen-bond donors (Lipinski definition) is 3. The summed E-state index contributed by atoms with van der Waals surface area (Å²) < 4.78 is 58.5. The Morgan fingerprint density at radius 1 is 1.16 bits per heavy atom. The van der Waals surface area contributed by atoms with Crippen molar-refractivity contribution in [3.63, 3.8) is 0 Å². The summed E-state index contributed by atoms with van der Waals surface area (Å²) in [5.74, 6) is -2.78. The van der Waals surface area contributed by atoms with Crippen LogP contribution < -0.4 is 15.4 Å². The van der Waals surface area contributed by atoms with Gasteiger partial charge in [-0.25, -0.2) is 8.78 Å². The van der Waals surface area contributed by atoms with E-state index in [0.29, 0.717) is 18.5 Å². The van der Waals surface area contributed by atoms with Crippen LogP contribution in [0.2, 0.25) is 5.02 Å². The smallest absolute Gasteiger partial charge is 0.301 e. The minimum atomic E-state index is -4.07. The minimum absolute atomic E-state index is 0.128. The molecule has 7 nitrogen and oxygen atoms in total. The lowest BCUT2D eigenvalue weighted by molar-refractivity contribution is -0.125. The zero-order chi connectivity index (χ0) is 22.8. The SMILES string of the molecule is CNC(=O)C1CCN(S(=O)(=O)Nc2ccc(F)c(F)c2Nc2ccc(I)cc2Cl)CC1. The number of carbonyl (C=O) groups excluding carboxylic acids is 1. The van der Waals surface area contributed by atoms with E-state index in [2.05, 4.69) is 37.9 Å². The molecule has 1 aliphatic heterocycles. The summed E-state index contributed by atoms with van der Waals surface area (Å²) in [6, 6.07) is 6.90. The Kier molecular flexibility index (Phi) is 7.60. The van der Waals surface area contributed by atoms with Crippen LogP contribution in [0.5, 0.6) is 0 Å². The van der Waals surface area contributed by atoms with Crippen molar-refractivity contribution in [2.45, 2.75) is 12.8 Å². The van der Waals surface area contributed by atoms with Gasteiger partial charge in [0.15, 0.2) is 11.6 Å². The molecular formula is C19H20ClF2IN4O3S. The first-order valence-corrected chi connectivity index (χ1v) is 12.2. The number of carbonyl (C=O) groups is 1. The van der Waals surface area contributed by atoms with Crippen molar-refractivity contribution >= 4 is 67.4 Å². The molecule has 1 heterocycles. The topological polar surface area (TPSA) is 90.5 Å². The molecule has 0 bridgehead atoms. The Bertz CT molecular complexity index is 1100. The van der Waals surface area contributed by atoms with Crippen molar-refractivity contribution in [3.05, 3.63) is 50.6 Å². The van der Waals surface area contributed by atoms with E-state index < -0.39 is 21.8 Å². The second kappa shape index (κ2) is 9.84. The second-order valence-electron chi connectivity index (χ2n) is 6.93. The number of anilines is 3. The lowest BCUT2D eigenvalue weighted by atomic mass is 9.97. The number of hydrogen-bond acceptors (Lipinski definition) is 4. The average Bonchev–Trinajstić information content (AvgIpc) is 2.74. The van der Waals surface area contributed by atoms with Crippen LogP contribution in [0, 0.1) is 21.1 Å². The number of nitrogens with one attached hydrogen (secondary N) is 3. The van der Waals surface area contributed by atoms with Crippen LogP contribution in [-0.4, -0.2) is 38.8 Å². The lowest BCUT2D eigenvalue weighted by Gasteiger charge is -2.30. The quantitative estimate of drug-likeness (QED) is 0.447. The highest BCUT2D eigenvalue weighted by Gasteiger charge is 2.31. The Morgan fingerprint density at radius 3 is 2.42 bits per heavy atom. The number of halogens is 4. The van der Waals surface area contributed by atoms with E-state index in [1.807, 2.05) is 0 Å². The fourth-order valence-electron chi connectivity index (χ4n) is 3.25. The van der Waals surface area contributed by atoms with E-state index >= 15 is 0 Å². The molecule has 1 amide bonds. The third-order valence-corrected chi connectivity index (χ3v) is 7.44. The van der Waals surface area contributed by atoms with Gasteiger partial charge in [0.05, 0.1) is 16.4 Å². The Morgan fingerprint density at radius 2 is 1.81 bits per heavy atom.